The number of halogens is 1. The SMILES string of the molecule is CCCN1C(=S)NC(c2ccc(Cl)cc2)C(c2nc(-c3cccc(C)c3)no2)=C1C. The minimum absolute atomic E-state index is 0.200. The first kappa shape index (κ1) is 20.6. The largest absolute Gasteiger partial charge is 0.351 e. The maximum atomic E-state index is 6.10. The van der Waals surface area contributed by atoms with Crippen LogP contribution >= 0.6 is 23.8 Å². The Hall–Kier alpha value is -2.70. The Morgan fingerprint density at radius 1 is 1.17 bits per heavy atom. The maximum absolute atomic E-state index is 6.10. The molecule has 154 valence electrons. The summed E-state index contributed by atoms with van der Waals surface area (Å²) in [7, 11) is 0. The standard InChI is InChI=1S/C23H23ClN4OS/c1-4-12-28-15(3)19(20(25-23(28)30)16-8-10-18(24)11-9-16)22-26-21(27-29-22)17-7-5-6-14(2)13-17/h5-11,13,20H,4,12H2,1-3H3,(H,25,30). The van der Waals surface area contributed by atoms with Crippen LogP contribution in [0.5, 0.6) is 0 Å². The van der Waals surface area contributed by atoms with E-state index in [0.717, 1.165) is 40.9 Å². The number of nitrogens with zero attached hydrogens (tertiary/aromatic N) is 3. The number of aromatic nitrogens is 2. The van der Waals surface area contributed by atoms with Crippen LogP contribution in [0, 0.1) is 6.92 Å². The summed E-state index contributed by atoms with van der Waals surface area (Å²) in [6.45, 7) is 7.04. The van der Waals surface area contributed by atoms with E-state index in [1.165, 1.54) is 0 Å². The maximum Gasteiger partial charge on any atom is 0.258 e. The first-order valence-electron chi connectivity index (χ1n) is 9.93. The third kappa shape index (κ3) is 3.98. The van der Waals surface area contributed by atoms with Crippen molar-refractivity contribution in [3.63, 3.8) is 0 Å². The lowest BCUT2D eigenvalue weighted by molar-refractivity contribution is 0.396. The van der Waals surface area contributed by atoms with Gasteiger partial charge < -0.3 is 14.7 Å². The molecule has 0 saturated heterocycles. The van der Waals surface area contributed by atoms with Crippen LogP contribution in [0.4, 0.5) is 0 Å². The molecule has 2 heterocycles. The summed E-state index contributed by atoms with van der Waals surface area (Å²) in [5.74, 6) is 1.05. The molecule has 0 bridgehead atoms. The molecular formula is C23H23ClN4OS. The third-order valence-electron chi connectivity index (χ3n) is 5.18. The summed E-state index contributed by atoms with van der Waals surface area (Å²) in [6.07, 6.45) is 0.969. The topological polar surface area (TPSA) is 54.2 Å². The van der Waals surface area contributed by atoms with Crippen LogP contribution in [-0.4, -0.2) is 26.7 Å². The lowest BCUT2D eigenvalue weighted by Gasteiger charge is -2.37. The van der Waals surface area contributed by atoms with Crippen molar-refractivity contribution in [2.24, 2.45) is 0 Å². The van der Waals surface area contributed by atoms with Gasteiger partial charge in [-0.25, -0.2) is 0 Å². The van der Waals surface area contributed by atoms with Crippen molar-refractivity contribution in [1.29, 1.82) is 0 Å². The normalized spacial score (nSPS) is 16.7. The van der Waals surface area contributed by atoms with E-state index in [9.17, 15) is 0 Å². The number of benzene rings is 2. The van der Waals surface area contributed by atoms with Crippen molar-refractivity contribution >= 4 is 34.5 Å². The summed E-state index contributed by atoms with van der Waals surface area (Å²) in [6, 6.07) is 15.6. The number of allylic oxidation sites excluding steroid dienone is 1. The molecule has 1 atom stereocenters. The van der Waals surface area contributed by atoms with Gasteiger partial charge >= 0.3 is 0 Å². The molecule has 4 rings (SSSR count). The smallest absolute Gasteiger partial charge is 0.258 e. The van der Waals surface area contributed by atoms with Gasteiger partial charge in [-0.2, -0.15) is 4.98 Å². The van der Waals surface area contributed by atoms with Gasteiger partial charge in [0.05, 0.1) is 11.6 Å². The highest BCUT2D eigenvalue weighted by atomic mass is 35.5. The van der Waals surface area contributed by atoms with E-state index in [-0.39, 0.29) is 6.04 Å². The minimum atomic E-state index is -0.200. The van der Waals surface area contributed by atoms with E-state index in [1.54, 1.807) is 0 Å². The number of aryl methyl sites for hydroxylation is 1. The molecule has 0 saturated carbocycles. The molecule has 7 heteroatoms. The third-order valence-corrected chi connectivity index (χ3v) is 5.77. The van der Waals surface area contributed by atoms with Crippen molar-refractivity contribution in [3.8, 4) is 11.4 Å². The second-order valence-corrected chi connectivity index (χ2v) is 8.20. The molecule has 0 fully saturated rings. The zero-order valence-corrected chi connectivity index (χ0v) is 18.7. The summed E-state index contributed by atoms with van der Waals surface area (Å²) >= 11 is 11.8. The van der Waals surface area contributed by atoms with Crippen LogP contribution in [-0.2, 0) is 0 Å². The second kappa shape index (κ2) is 8.58. The highest BCUT2D eigenvalue weighted by Gasteiger charge is 2.33. The fourth-order valence-corrected chi connectivity index (χ4v) is 4.16. The summed E-state index contributed by atoms with van der Waals surface area (Å²) in [5.41, 5.74) is 5.04. The van der Waals surface area contributed by atoms with Crippen LogP contribution in [0.1, 0.15) is 43.3 Å². The molecular weight excluding hydrogens is 416 g/mol. The molecule has 0 spiro atoms. The molecule has 0 radical (unpaired) electrons. The molecule has 0 amide bonds. The minimum Gasteiger partial charge on any atom is -0.351 e. The Kier molecular flexibility index (Phi) is 5.88. The predicted octanol–water partition coefficient (Wildman–Crippen LogP) is 5.77. The number of hydrogen-bond donors (Lipinski definition) is 1. The molecule has 1 unspecified atom stereocenters. The fourth-order valence-electron chi connectivity index (χ4n) is 3.69. The van der Waals surface area contributed by atoms with Gasteiger partial charge in [0.25, 0.3) is 5.89 Å². The Balaban J connectivity index is 1.81. The van der Waals surface area contributed by atoms with Gasteiger partial charge in [0.1, 0.15) is 0 Å². The molecule has 1 N–H and O–H groups in total. The monoisotopic (exact) mass is 438 g/mol. The molecule has 0 aliphatic carbocycles. The highest BCUT2D eigenvalue weighted by Crippen LogP contribution is 2.37. The summed E-state index contributed by atoms with van der Waals surface area (Å²) < 4.78 is 5.75. The Morgan fingerprint density at radius 3 is 2.63 bits per heavy atom. The number of hydrogen-bond acceptors (Lipinski definition) is 4. The molecule has 1 aliphatic rings. The number of thiocarbonyl (C=S) groups is 1. The molecule has 1 aromatic heterocycles. The van der Waals surface area contributed by atoms with Gasteiger partial charge in [-0.05, 0) is 56.2 Å². The van der Waals surface area contributed by atoms with Gasteiger partial charge in [0.15, 0.2) is 5.11 Å². The quantitative estimate of drug-likeness (QED) is 0.510. The van der Waals surface area contributed by atoms with Gasteiger partial charge in [-0.1, -0.05) is 59.6 Å². The van der Waals surface area contributed by atoms with Crippen LogP contribution in [0.15, 0.2) is 58.8 Å². The lowest BCUT2D eigenvalue weighted by atomic mass is 9.95. The van der Waals surface area contributed by atoms with Gasteiger partial charge in [0, 0.05) is 22.8 Å². The Morgan fingerprint density at radius 2 is 1.93 bits per heavy atom. The molecule has 1 aliphatic heterocycles. The van der Waals surface area contributed by atoms with E-state index in [2.05, 4.69) is 29.2 Å². The highest BCUT2D eigenvalue weighted by molar-refractivity contribution is 7.80. The number of nitrogens with one attached hydrogen (secondary N) is 1. The van der Waals surface area contributed by atoms with E-state index < -0.39 is 0 Å². The molecule has 30 heavy (non-hydrogen) atoms. The first-order chi connectivity index (χ1) is 14.5. The van der Waals surface area contributed by atoms with Crippen LogP contribution in [0.3, 0.4) is 0 Å². The molecule has 2 aromatic carbocycles. The fraction of sp³-hybridized carbons (Fsp3) is 0.261. The second-order valence-electron chi connectivity index (χ2n) is 7.38. The van der Waals surface area contributed by atoms with Gasteiger partial charge in [0.2, 0.25) is 5.82 Å². The van der Waals surface area contributed by atoms with Crippen molar-refractivity contribution in [3.05, 3.63) is 76.3 Å². The van der Waals surface area contributed by atoms with Crippen molar-refractivity contribution < 1.29 is 4.52 Å². The van der Waals surface area contributed by atoms with Crippen LogP contribution in [0.25, 0.3) is 17.0 Å². The van der Waals surface area contributed by atoms with E-state index in [4.69, 9.17) is 33.3 Å². The van der Waals surface area contributed by atoms with Gasteiger partial charge in [-0.15, -0.1) is 0 Å². The first-order valence-corrected chi connectivity index (χ1v) is 10.7. The van der Waals surface area contributed by atoms with E-state index in [0.29, 0.717) is 21.9 Å². The van der Waals surface area contributed by atoms with E-state index >= 15 is 0 Å². The molecule has 5 nitrogen and oxygen atoms in total. The van der Waals surface area contributed by atoms with Crippen molar-refractivity contribution in [2.45, 2.75) is 33.2 Å². The van der Waals surface area contributed by atoms with Gasteiger partial charge in [-0.3, -0.25) is 0 Å². The zero-order valence-electron chi connectivity index (χ0n) is 17.1. The van der Waals surface area contributed by atoms with Crippen LogP contribution < -0.4 is 5.32 Å². The zero-order chi connectivity index (χ0) is 21.3. The van der Waals surface area contributed by atoms with Crippen molar-refractivity contribution in [2.75, 3.05) is 6.54 Å². The van der Waals surface area contributed by atoms with Crippen molar-refractivity contribution in [1.82, 2.24) is 20.4 Å². The Bertz CT molecular complexity index is 1110. The summed E-state index contributed by atoms with van der Waals surface area (Å²) in [4.78, 5) is 6.83. The molecule has 3 aromatic rings. The number of rotatable bonds is 5. The van der Waals surface area contributed by atoms with E-state index in [1.807, 2.05) is 55.5 Å². The predicted molar refractivity (Wildman–Crippen MR) is 124 cm³/mol. The average Bonchev–Trinajstić information content (AvgIpc) is 3.21. The Labute approximate surface area is 186 Å². The summed E-state index contributed by atoms with van der Waals surface area (Å²) in [5, 5.41) is 9.08. The average molecular weight is 439 g/mol. The van der Waals surface area contributed by atoms with Crippen LogP contribution in [0.2, 0.25) is 5.02 Å². The lowest BCUT2D eigenvalue weighted by Crippen LogP contribution is -2.46.